The molecule has 0 N–H and O–H groups in total. The molecular formula is C10H15FN2. The second-order valence-electron chi connectivity index (χ2n) is 3.01. The van der Waals surface area contributed by atoms with Crippen LogP contribution in [0.4, 0.5) is 4.39 Å². The van der Waals surface area contributed by atoms with E-state index in [0.29, 0.717) is 0 Å². The molecule has 0 aliphatic carbocycles. The molecule has 1 heterocycles. The van der Waals surface area contributed by atoms with Crippen LogP contribution in [-0.4, -0.2) is 24.6 Å². The molecule has 0 atom stereocenters. The number of halogens is 1. The third kappa shape index (κ3) is 1.97. The number of hydrogen-bond acceptors (Lipinski definition) is 1. The number of likely N-dealkylation sites (N-methyl/N-ethyl adjacent to an activating group) is 1. The van der Waals surface area contributed by atoms with Crippen molar-refractivity contribution in [3.63, 3.8) is 0 Å². The van der Waals surface area contributed by atoms with E-state index in [2.05, 4.69) is 18.0 Å². The summed E-state index contributed by atoms with van der Waals surface area (Å²) in [6.45, 7) is 3.40. The van der Waals surface area contributed by atoms with Crippen LogP contribution in [0.15, 0.2) is 28.4 Å². The van der Waals surface area contributed by atoms with Crippen molar-refractivity contribution < 1.29 is 4.39 Å². The van der Waals surface area contributed by atoms with E-state index in [9.17, 15) is 4.39 Å². The van der Waals surface area contributed by atoms with E-state index in [-0.39, 0.29) is 0 Å². The molecule has 0 aromatic carbocycles. The molecule has 2 nitrogen and oxygen atoms in total. The predicted octanol–water partition coefficient (Wildman–Crippen LogP) is 2.50. The Morgan fingerprint density at radius 3 is 2.85 bits per heavy atom. The van der Waals surface area contributed by atoms with Crippen molar-refractivity contribution in [2.45, 2.75) is 20.3 Å². The zero-order valence-electron chi connectivity index (χ0n) is 8.34. The summed E-state index contributed by atoms with van der Waals surface area (Å²) >= 11 is 0. The smallest absolute Gasteiger partial charge is 0.181 e. The van der Waals surface area contributed by atoms with Gasteiger partial charge in [-0.1, -0.05) is 13.0 Å². The molecule has 0 aromatic rings. The van der Waals surface area contributed by atoms with E-state index in [1.54, 1.807) is 0 Å². The molecule has 0 unspecified atom stereocenters. The molecule has 0 bridgehead atoms. The van der Waals surface area contributed by atoms with Crippen LogP contribution in [0.2, 0.25) is 0 Å². The topological polar surface area (TPSA) is 15.6 Å². The van der Waals surface area contributed by atoms with E-state index < -0.39 is 6.80 Å². The van der Waals surface area contributed by atoms with E-state index in [4.69, 9.17) is 0 Å². The van der Waals surface area contributed by atoms with E-state index in [0.717, 1.165) is 23.5 Å². The first kappa shape index (κ1) is 9.96. The molecule has 0 amide bonds. The van der Waals surface area contributed by atoms with Gasteiger partial charge in [0.1, 0.15) is 5.84 Å². The lowest BCUT2D eigenvalue weighted by molar-refractivity contribution is 0.505. The summed E-state index contributed by atoms with van der Waals surface area (Å²) in [5.74, 6) is 0.738. The average Bonchev–Trinajstić information content (AvgIpc) is 2.34. The van der Waals surface area contributed by atoms with E-state index >= 15 is 0 Å². The zero-order chi connectivity index (χ0) is 9.84. The normalized spacial score (nSPS) is 23.1. The number of amidine groups is 1. The summed E-state index contributed by atoms with van der Waals surface area (Å²) in [7, 11) is 1.90. The Bertz CT molecular complexity index is 277. The van der Waals surface area contributed by atoms with Crippen LogP contribution in [-0.2, 0) is 0 Å². The Hall–Kier alpha value is -1.12. The van der Waals surface area contributed by atoms with Gasteiger partial charge in [-0.3, -0.25) is 0 Å². The summed E-state index contributed by atoms with van der Waals surface area (Å²) in [6.07, 6.45) is 5.03. The van der Waals surface area contributed by atoms with Gasteiger partial charge in [0.05, 0.1) is 0 Å². The number of allylic oxidation sites excluding steroid dienone is 2. The Kier molecular flexibility index (Phi) is 3.23. The molecule has 1 rings (SSSR count). The summed E-state index contributed by atoms with van der Waals surface area (Å²) < 4.78 is 12.1. The number of alkyl halides is 1. The highest BCUT2D eigenvalue weighted by Gasteiger charge is 2.18. The maximum atomic E-state index is 12.1. The standard InChI is InChI=1S/C10H15FN2/c1-4-5-9-6-8(2)13(3)10(9)12-7-11/h5-6H,4,7H2,1-3H3/b9-5-,12-10+. The van der Waals surface area contributed by atoms with Crippen molar-refractivity contribution in [3.05, 3.63) is 23.4 Å². The van der Waals surface area contributed by atoms with Gasteiger partial charge in [0.15, 0.2) is 6.80 Å². The van der Waals surface area contributed by atoms with Crippen molar-refractivity contribution in [1.82, 2.24) is 4.90 Å². The highest BCUT2D eigenvalue weighted by atomic mass is 19.1. The molecule has 3 heteroatoms. The SMILES string of the molecule is CC/C=C1/C=C(C)N(C)/C1=N/CF. The van der Waals surface area contributed by atoms with Gasteiger partial charge in [-0.2, -0.15) is 0 Å². The van der Waals surface area contributed by atoms with E-state index in [1.807, 2.05) is 24.9 Å². The fourth-order valence-electron chi connectivity index (χ4n) is 1.37. The maximum Gasteiger partial charge on any atom is 0.181 e. The third-order valence-electron chi connectivity index (χ3n) is 2.10. The van der Waals surface area contributed by atoms with Crippen molar-refractivity contribution in [2.75, 3.05) is 13.8 Å². The first-order chi connectivity index (χ1) is 6.20. The van der Waals surface area contributed by atoms with Gasteiger partial charge < -0.3 is 4.90 Å². The first-order valence-electron chi connectivity index (χ1n) is 4.43. The molecule has 0 spiro atoms. The van der Waals surface area contributed by atoms with Crippen molar-refractivity contribution in [1.29, 1.82) is 0 Å². The Labute approximate surface area is 78.5 Å². The van der Waals surface area contributed by atoms with Gasteiger partial charge in [-0.15, -0.1) is 0 Å². The highest BCUT2D eigenvalue weighted by Crippen LogP contribution is 2.20. The minimum absolute atomic E-state index is 0.651. The molecule has 0 saturated carbocycles. The molecule has 0 aromatic heterocycles. The lowest BCUT2D eigenvalue weighted by Crippen LogP contribution is -2.20. The molecule has 72 valence electrons. The third-order valence-corrected chi connectivity index (χ3v) is 2.10. The predicted molar refractivity (Wildman–Crippen MR) is 53.3 cm³/mol. The minimum Gasteiger partial charge on any atom is -0.333 e. The van der Waals surface area contributed by atoms with Gasteiger partial charge >= 0.3 is 0 Å². The van der Waals surface area contributed by atoms with Gasteiger partial charge in [0.2, 0.25) is 0 Å². The fourth-order valence-corrected chi connectivity index (χ4v) is 1.37. The monoisotopic (exact) mass is 182 g/mol. The van der Waals surface area contributed by atoms with E-state index in [1.165, 1.54) is 0 Å². The minimum atomic E-state index is -0.651. The van der Waals surface area contributed by atoms with Crippen LogP contribution in [0.5, 0.6) is 0 Å². The summed E-state index contributed by atoms with van der Waals surface area (Å²) in [4.78, 5) is 5.71. The summed E-state index contributed by atoms with van der Waals surface area (Å²) in [5.41, 5.74) is 2.13. The first-order valence-corrected chi connectivity index (χ1v) is 4.43. The summed E-state index contributed by atoms with van der Waals surface area (Å²) in [6, 6.07) is 0. The quantitative estimate of drug-likeness (QED) is 0.599. The van der Waals surface area contributed by atoms with Crippen LogP contribution in [0.1, 0.15) is 20.3 Å². The van der Waals surface area contributed by atoms with Crippen LogP contribution >= 0.6 is 0 Å². The van der Waals surface area contributed by atoms with Gasteiger partial charge in [0.25, 0.3) is 0 Å². The lowest BCUT2D eigenvalue weighted by atomic mass is 10.2. The summed E-state index contributed by atoms with van der Waals surface area (Å²) in [5, 5.41) is 0. The molecule has 1 aliphatic rings. The van der Waals surface area contributed by atoms with Gasteiger partial charge in [-0.25, -0.2) is 9.38 Å². The van der Waals surface area contributed by atoms with Crippen molar-refractivity contribution in [3.8, 4) is 0 Å². The van der Waals surface area contributed by atoms with Crippen LogP contribution < -0.4 is 0 Å². The lowest BCUT2D eigenvalue weighted by Gasteiger charge is -2.14. The van der Waals surface area contributed by atoms with Gasteiger partial charge in [0, 0.05) is 18.3 Å². The highest BCUT2D eigenvalue weighted by molar-refractivity contribution is 6.04. The molecular weight excluding hydrogens is 167 g/mol. The Morgan fingerprint density at radius 2 is 2.31 bits per heavy atom. The molecule has 1 aliphatic heterocycles. The van der Waals surface area contributed by atoms with Crippen molar-refractivity contribution >= 4 is 5.84 Å². The maximum absolute atomic E-state index is 12.1. The fraction of sp³-hybridized carbons (Fsp3) is 0.500. The van der Waals surface area contributed by atoms with Crippen LogP contribution in [0, 0.1) is 0 Å². The molecule has 0 saturated heterocycles. The zero-order valence-corrected chi connectivity index (χ0v) is 8.34. The van der Waals surface area contributed by atoms with Crippen LogP contribution in [0.3, 0.4) is 0 Å². The Balaban J connectivity index is 2.96. The molecule has 0 radical (unpaired) electrons. The largest absolute Gasteiger partial charge is 0.333 e. The molecule has 0 fully saturated rings. The van der Waals surface area contributed by atoms with Crippen LogP contribution in [0.25, 0.3) is 0 Å². The Morgan fingerprint density at radius 1 is 1.62 bits per heavy atom. The second kappa shape index (κ2) is 4.21. The second-order valence-corrected chi connectivity index (χ2v) is 3.01. The average molecular weight is 182 g/mol. The van der Waals surface area contributed by atoms with Crippen molar-refractivity contribution in [2.24, 2.45) is 4.99 Å². The number of nitrogens with zero attached hydrogens (tertiary/aromatic N) is 2. The van der Waals surface area contributed by atoms with Gasteiger partial charge in [-0.05, 0) is 19.4 Å². The number of rotatable bonds is 2. The number of hydrogen-bond donors (Lipinski definition) is 0. The number of aliphatic imine (C=N–C) groups is 1. The molecule has 13 heavy (non-hydrogen) atoms.